The Morgan fingerprint density at radius 1 is 1.35 bits per heavy atom. The van der Waals surface area contributed by atoms with Gasteiger partial charge in [-0.25, -0.2) is 9.31 Å². The predicted octanol–water partition coefficient (Wildman–Crippen LogP) is 1.56. The van der Waals surface area contributed by atoms with Gasteiger partial charge in [-0.15, -0.1) is 0 Å². The number of nitrogens with one attached hydrogen (secondary N) is 1. The summed E-state index contributed by atoms with van der Waals surface area (Å²) in [6.45, 7) is 5.30. The van der Waals surface area contributed by atoms with Gasteiger partial charge in [-0.1, -0.05) is 26.8 Å². The van der Waals surface area contributed by atoms with Gasteiger partial charge in [0.05, 0.1) is 17.3 Å². The van der Waals surface area contributed by atoms with Gasteiger partial charge in [-0.05, 0) is 17.5 Å². The number of carboxylic acid groups (broad SMARTS) is 1. The van der Waals surface area contributed by atoms with Gasteiger partial charge in [0, 0.05) is 6.20 Å². The molecule has 2 aromatic heterocycles. The van der Waals surface area contributed by atoms with Crippen molar-refractivity contribution < 1.29 is 14.7 Å². The number of hydrogen-bond acceptors (Lipinski definition) is 3. The number of carboxylic acids is 1. The van der Waals surface area contributed by atoms with Crippen LogP contribution in [0.25, 0.3) is 5.52 Å². The van der Waals surface area contributed by atoms with E-state index in [2.05, 4.69) is 10.4 Å². The highest BCUT2D eigenvalue weighted by Crippen LogP contribution is 2.20. The molecule has 0 radical (unpaired) electrons. The zero-order chi connectivity index (χ0) is 14.9. The van der Waals surface area contributed by atoms with Gasteiger partial charge >= 0.3 is 5.97 Å². The average Bonchev–Trinajstić information content (AvgIpc) is 2.77. The normalized spacial score (nSPS) is 13.2. The number of carbonyl (C=O) groups excluding carboxylic acids is 1. The van der Waals surface area contributed by atoms with E-state index in [9.17, 15) is 14.7 Å². The fraction of sp³-hybridized carbons (Fsp3) is 0.357. The Morgan fingerprint density at radius 2 is 2.05 bits per heavy atom. The van der Waals surface area contributed by atoms with Crippen LogP contribution in [0.3, 0.4) is 0 Å². The first-order chi connectivity index (χ1) is 9.30. The summed E-state index contributed by atoms with van der Waals surface area (Å²) in [5.74, 6) is -1.49. The maximum atomic E-state index is 12.3. The zero-order valence-corrected chi connectivity index (χ0v) is 11.6. The molecule has 0 aliphatic rings. The number of hydrogen-bond donors (Lipinski definition) is 2. The summed E-state index contributed by atoms with van der Waals surface area (Å²) >= 11 is 0. The van der Waals surface area contributed by atoms with E-state index in [1.807, 2.05) is 0 Å². The third-order valence-corrected chi connectivity index (χ3v) is 3.06. The van der Waals surface area contributed by atoms with Crippen molar-refractivity contribution in [2.75, 3.05) is 0 Å². The zero-order valence-electron chi connectivity index (χ0n) is 11.6. The minimum atomic E-state index is -1.05. The van der Waals surface area contributed by atoms with Gasteiger partial charge in [0.2, 0.25) is 0 Å². The molecule has 2 aromatic rings. The van der Waals surface area contributed by atoms with Crippen LogP contribution in [0.4, 0.5) is 0 Å². The standard InChI is InChI=1S/C14H17N3O3/c1-14(2,3)11(13(19)20)16-12(18)9-8-15-17-7-5-4-6-10(9)17/h4-8,11H,1-3H3,(H,16,18)(H,19,20)/t11-/m0/s1. The van der Waals surface area contributed by atoms with Crippen LogP contribution in [-0.4, -0.2) is 32.6 Å². The number of aromatic nitrogens is 2. The van der Waals surface area contributed by atoms with Crippen molar-refractivity contribution in [2.45, 2.75) is 26.8 Å². The van der Waals surface area contributed by atoms with Gasteiger partial charge in [0.1, 0.15) is 6.04 Å². The Balaban J connectivity index is 2.30. The van der Waals surface area contributed by atoms with E-state index >= 15 is 0 Å². The van der Waals surface area contributed by atoms with Crippen LogP contribution in [0, 0.1) is 5.41 Å². The van der Waals surface area contributed by atoms with E-state index in [0.29, 0.717) is 11.1 Å². The molecule has 106 valence electrons. The molecule has 2 heterocycles. The summed E-state index contributed by atoms with van der Waals surface area (Å²) in [6, 6.07) is 4.39. The molecule has 2 rings (SSSR count). The molecular formula is C14H17N3O3. The Kier molecular flexibility index (Phi) is 3.48. The smallest absolute Gasteiger partial charge is 0.326 e. The van der Waals surface area contributed by atoms with Crippen LogP contribution in [0.2, 0.25) is 0 Å². The highest BCUT2D eigenvalue weighted by atomic mass is 16.4. The van der Waals surface area contributed by atoms with Crippen LogP contribution in [-0.2, 0) is 4.79 Å². The molecule has 20 heavy (non-hydrogen) atoms. The van der Waals surface area contributed by atoms with Crippen molar-refractivity contribution in [1.29, 1.82) is 0 Å². The van der Waals surface area contributed by atoms with Crippen LogP contribution in [0.5, 0.6) is 0 Å². The monoisotopic (exact) mass is 275 g/mol. The fourth-order valence-corrected chi connectivity index (χ4v) is 1.97. The summed E-state index contributed by atoms with van der Waals surface area (Å²) in [7, 11) is 0. The molecule has 0 aliphatic carbocycles. The van der Waals surface area contributed by atoms with Crippen molar-refractivity contribution in [2.24, 2.45) is 5.41 Å². The topological polar surface area (TPSA) is 83.7 Å². The molecule has 0 unspecified atom stereocenters. The van der Waals surface area contributed by atoms with E-state index in [-0.39, 0.29) is 0 Å². The SMILES string of the molecule is CC(C)(C)[C@@H](NC(=O)c1cnn2ccccc12)C(=O)O. The number of pyridine rings is 1. The maximum absolute atomic E-state index is 12.3. The number of fused-ring (bicyclic) bond motifs is 1. The summed E-state index contributed by atoms with van der Waals surface area (Å²) in [6.07, 6.45) is 3.16. The number of carbonyl (C=O) groups is 2. The maximum Gasteiger partial charge on any atom is 0.326 e. The van der Waals surface area contributed by atoms with Gasteiger partial charge in [0.15, 0.2) is 0 Å². The lowest BCUT2D eigenvalue weighted by atomic mass is 9.86. The Hall–Kier alpha value is -2.37. The van der Waals surface area contributed by atoms with E-state index in [1.54, 1.807) is 49.7 Å². The summed E-state index contributed by atoms with van der Waals surface area (Å²) < 4.78 is 1.57. The molecule has 0 saturated carbocycles. The summed E-state index contributed by atoms with van der Waals surface area (Å²) in [5.41, 5.74) is 0.425. The lowest BCUT2D eigenvalue weighted by Crippen LogP contribution is -2.49. The second-order valence-corrected chi connectivity index (χ2v) is 5.70. The molecule has 2 N–H and O–H groups in total. The molecule has 0 aliphatic heterocycles. The van der Waals surface area contributed by atoms with Gasteiger partial charge in [-0.2, -0.15) is 5.10 Å². The molecule has 0 saturated heterocycles. The molecule has 1 atom stereocenters. The number of aliphatic carboxylic acids is 1. The second kappa shape index (κ2) is 4.96. The molecular weight excluding hydrogens is 258 g/mol. The van der Waals surface area contributed by atoms with Crippen molar-refractivity contribution in [3.63, 3.8) is 0 Å². The van der Waals surface area contributed by atoms with Crippen molar-refractivity contribution in [3.8, 4) is 0 Å². The Labute approximate surface area is 116 Å². The van der Waals surface area contributed by atoms with Crippen molar-refractivity contribution in [3.05, 3.63) is 36.2 Å². The minimum Gasteiger partial charge on any atom is -0.480 e. The lowest BCUT2D eigenvalue weighted by Gasteiger charge is -2.27. The molecule has 0 spiro atoms. The third-order valence-electron chi connectivity index (χ3n) is 3.06. The highest BCUT2D eigenvalue weighted by molar-refractivity contribution is 6.02. The molecule has 0 aromatic carbocycles. The molecule has 6 heteroatoms. The van der Waals surface area contributed by atoms with Crippen molar-refractivity contribution >= 4 is 17.4 Å². The third kappa shape index (κ3) is 2.64. The van der Waals surface area contributed by atoms with E-state index < -0.39 is 23.3 Å². The highest BCUT2D eigenvalue weighted by Gasteiger charge is 2.33. The first-order valence-electron chi connectivity index (χ1n) is 6.27. The number of rotatable bonds is 3. The van der Waals surface area contributed by atoms with E-state index in [4.69, 9.17) is 0 Å². The number of amides is 1. The Bertz CT molecular complexity index is 655. The molecule has 0 bridgehead atoms. The average molecular weight is 275 g/mol. The van der Waals surface area contributed by atoms with E-state index in [1.165, 1.54) is 6.20 Å². The minimum absolute atomic E-state index is 0.362. The summed E-state index contributed by atoms with van der Waals surface area (Å²) in [5, 5.41) is 15.9. The van der Waals surface area contributed by atoms with Gasteiger partial charge in [0.25, 0.3) is 5.91 Å². The second-order valence-electron chi connectivity index (χ2n) is 5.70. The van der Waals surface area contributed by atoms with Crippen LogP contribution in [0.1, 0.15) is 31.1 Å². The van der Waals surface area contributed by atoms with Crippen LogP contribution in [0.15, 0.2) is 30.6 Å². The first kappa shape index (κ1) is 14.0. The van der Waals surface area contributed by atoms with Gasteiger partial charge in [-0.3, -0.25) is 4.79 Å². The summed E-state index contributed by atoms with van der Waals surface area (Å²) in [4.78, 5) is 23.5. The quantitative estimate of drug-likeness (QED) is 0.890. The number of nitrogens with zero attached hydrogens (tertiary/aromatic N) is 2. The Morgan fingerprint density at radius 3 is 2.65 bits per heavy atom. The first-order valence-corrected chi connectivity index (χ1v) is 6.27. The molecule has 1 amide bonds. The fourth-order valence-electron chi connectivity index (χ4n) is 1.97. The van der Waals surface area contributed by atoms with Crippen molar-refractivity contribution in [1.82, 2.24) is 14.9 Å². The largest absolute Gasteiger partial charge is 0.480 e. The van der Waals surface area contributed by atoms with E-state index in [0.717, 1.165) is 0 Å². The lowest BCUT2D eigenvalue weighted by molar-refractivity contribution is -0.142. The molecule has 0 fully saturated rings. The van der Waals surface area contributed by atoms with Crippen LogP contribution >= 0.6 is 0 Å². The predicted molar refractivity (Wildman–Crippen MR) is 73.5 cm³/mol. The molecule has 6 nitrogen and oxygen atoms in total. The van der Waals surface area contributed by atoms with Crippen LogP contribution < -0.4 is 5.32 Å². The van der Waals surface area contributed by atoms with Gasteiger partial charge < -0.3 is 10.4 Å².